The zero-order chi connectivity index (χ0) is 13.2. The van der Waals surface area contributed by atoms with Crippen LogP contribution in [0.15, 0.2) is 0 Å². The molecular formula is C12H21NO3S2. The molecule has 2 saturated heterocycles. The number of hydrogen-bond donors (Lipinski definition) is 0. The molecule has 0 aromatic carbocycles. The molecule has 2 unspecified atom stereocenters. The van der Waals surface area contributed by atoms with Crippen LogP contribution in [-0.2, 0) is 14.6 Å². The van der Waals surface area contributed by atoms with Gasteiger partial charge in [0.2, 0.25) is 5.91 Å². The molecule has 2 aliphatic rings. The largest absolute Gasteiger partial charge is 0.342 e. The fraction of sp³-hybridized carbons (Fsp3) is 0.917. The molecule has 18 heavy (non-hydrogen) atoms. The number of carbonyl (C=O) groups is 1. The molecule has 2 aliphatic heterocycles. The predicted octanol–water partition coefficient (Wildman–Crippen LogP) is 1.17. The van der Waals surface area contributed by atoms with E-state index in [1.807, 2.05) is 11.8 Å². The van der Waals surface area contributed by atoms with Gasteiger partial charge in [0.1, 0.15) is 0 Å². The van der Waals surface area contributed by atoms with Crippen LogP contribution >= 0.6 is 11.8 Å². The molecule has 0 aliphatic carbocycles. The van der Waals surface area contributed by atoms with Crippen molar-refractivity contribution in [3.05, 3.63) is 0 Å². The Labute approximate surface area is 113 Å². The Morgan fingerprint density at radius 1 is 1.39 bits per heavy atom. The first kappa shape index (κ1) is 14.2. The molecule has 0 bridgehead atoms. The maximum Gasteiger partial charge on any atom is 0.222 e. The number of amides is 1. The van der Waals surface area contributed by atoms with Crippen LogP contribution in [0.3, 0.4) is 0 Å². The lowest BCUT2D eigenvalue weighted by atomic mass is 10.0. The summed E-state index contributed by atoms with van der Waals surface area (Å²) in [5.74, 6) is 3.26. The average molecular weight is 291 g/mol. The van der Waals surface area contributed by atoms with Gasteiger partial charge in [-0.25, -0.2) is 8.42 Å². The lowest BCUT2D eigenvalue weighted by Gasteiger charge is -2.27. The van der Waals surface area contributed by atoms with E-state index in [9.17, 15) is 13.2 Å². The Morgan fingerprint density at radius 2 is 2.17 bits per heavy atom. The summed E-state index contributed by atoms with van der Waals surface area (Å²) in [6, 6.07) is -0.0984. The summed E-state index contributed by atoms with van der Waals surface area (Å²) in [5, 5.41) is 0. The third kappa shape index (κ3) is 3.63. The van der Waals surface area contributed by atoms with Gasteiger partial charge in [-0.1, -0.05) is 0 Å². The molecule has 4 nitrogen and oxygen atoms in total. The highest BCUT2D eigenvalue weighted by atomic mass is 32.2. The van der Waals surface area contributed by atoms with Gasteiger partial charge in [0.05, 0.1) is 11.5 Å². The number of hydrogen-bond acceptors (Lipinski definition) is 4. The number of sulfone groups is 1. The fourth-order valence-electron chi connectivity index (χ4n) is 2.64. The SMILES string of the molecule is CN(C(=O)CC1CCCSC1)C1CCS(=O)(=O)C1. The van der Waals surface area contributed by atoms with E-state index >= 15 is 0 Å². The molecule has 0 aromatic heterocycles. The first-order chi connectivity index (χ1) is 8.48. The molecule has 2 atom stereocenters. The summed E-state index contributed by atoms with van der Waals surface area (Å²) in [4.78, 5) is 13.8. The van der Waals surface area contributed by atoms with Crippen molar-refractivity contribution in [2.75, 3.05) is 30.1 Å². The van der Waals surface area contributed by atoms with Crippen molar-refractivity contribution in [1.82, 2.24) is 4.90 Å². The molecule has 104 valence electrons. The van der Waals surface area contributed by atoms with Gasteiger partial charge in [0, 0.05) is 19.5 Å². The standard InChI is InChI=1S/C12H21NO3S2/c1-13(11-4-6-18(15,16)9-11)12(14)7-10-3-2-5-17-8-10/h10-11H,2-9H2,1H3. The van der Waals surface area contributed by atoms with Crippen LogP contribution in [0.25, 0.3) is 0 Å². The van der Waals surface area contributed by atoms with Gasteiger partial charge in [-0.05, 0) is 36.7 Å². The van der Waals surface area contributed by atoms with Crippen molar-refractivity contribution in [1.29, 1.82) is 0 Å². The van der Waals surface area contributed by atoms with Crippen LogP contribution in [0, 0.1) is 5.92 Å². The lowest BCUT2D eigenvalue weighted by Crippen LogP contribution is -2.39. The predicted molar refractivity (Wildman–Crippen MR) is 74.5 cm³/mol. The quantitative estimate of drug-likeness (QED) is 0.783. The van der Waals surface area contributed by atoms with Gasteiger partial charge in [0.15, 0.2) is 9.84 Å². The Hall–Kier alpha value is -0.230. The Kier molecular flexibility index (Phi) is 4.59. The second-order valence-electron chi connectivity index (χ2n) is 5.35. The second-order valence-corrected chi connectivity index (χ2v) is 8.73. The molecule has 6 heteroatoms. The first-order valence-corrected chi connectivity index (χ1v) is 9.49. The minimum atomic E-state index is -2.91. The molecule has 2 rings (SSSR count). The molecule has 0 saturated carbocycles. The van der Waals surface area contributed by atoms with Crippen molar-refractivity contribution in [3.63, 3.8) is 0 Å². The highest BCUT2D eigenvalue weighted by Crippen LogP contribution is 2.26. The highest BCUT2D eigenvalue weighted by Gasteiger charge is 2.33. The Morgan fingerprint density at radius 3 is 2.72 bits per heavy atom. The highest BCUT2D eigenvalue weighted by molar-refractivity contribution is 7.99. The monoisotopic (exact) mass is 291 g/mol. The summed E-state index contributed by atoms with van der Waals surface area (Å²) in [6.45, 7) is 0. The normalized spacial score (nSPS) is 31.2. The van der Waals surface area contributed by atoms with Gasteiger partial charge in [-0.3, -0.25) is 4.79 Å². The number of rotatable bonds is 3. The maximum atomic E-state index is 12.1. The van der Waals surface area contributed by atoms with Crippen LogP contribution in [0.2, 0.25) is 0 Å². The van der Waals surface area contributed by atoms with Crippen molar-refractivity contribution in [3.8, 4) is 0 Å². The van der Waals surface area contributed by atoms with E-state index in [0.29, 0.717) is 18.8 Å². The Balaban J connectivity index is 1.85. The van der Waals surface area contributed by atoms with E-state index in [4.69, 9.17) is 0 Å². The van der Waals surface area contributed by atoms with E-state index in [2.05, 4.69) is 0 Å². The van der Waals surface area contributed by atoms with Crippen LogP contribution in [0.4, 0.5) is 0 Å². The third-order valence-corrected chi connectivity index (χ3v) is 6.90. The summed E-state index contributed by atoms with van der Waals surface area (Å²) in [6.07, 6.45) is 3.52. The minimum absolute atomic E-state index is 0.0984. The average Bonchev–Trinajstić information content (AvgIpc) is 2.70. The smallest absolute Gasteiger partial charge is 0.222 e. The van der Waals surface area contributed by atoms with Gasteiger partial charge in [-0.2, -0.15) is 11.8 Å². The molecular weight excluding hydrogens is 270 g/mol. The van der Waals surface area contributed by atoms with Crippen LogP contribution in [0.5, 0.6) is 0 Å². The van der Waals surface area contributed by atoms with Gasteiger partial charge >= 0.3 is 0 Å². The van der Waals surface area contributed by atoms with Crippen molar-refractivity contribution in [2.45, 2.75) is 31.7 Å². The number of carbonyl (C=O) groups excluding carboxylic acids is 1. The third-order valence-electron chi connectivity index (χ3n) is 3.87. The minimum Gasteiger partial charge on any atom is -0.342 e. The van der Waals surface area contributed by atoms with E-state index < -0.39 is 9.84 Å². The summed E-state index contributed by atoms with van der Waals surface area (Å²) < 4.78 is 22.8. The molecule has 0 aromatic rings. The van der Waals surface area contributed by atoms with E-state index in [1.165, 1.54) is 12.2 Å². The Bertz CT molecular complexity index is 402. The van der Waals surface area contributed by atoms with Crippen LogP contribution in [-0.4, -0.2) is 55.3 Å². The van der Waals surface area contributed by atoms with Crippen LogP contribution in [0.1, 0.15) is 25.7 Å². The number of thioether (sulfide) groups is 1. The van der Waals surface area contributed by atoms with E-state index in [1.54, 1.807) is 11.9 Å². The van der Waals surface area contributed by atoms with Gasteiger partial charge < -0.3 is 4.90 Å². The first-order valence-electron chi connectivity index (χ1n) is 6.52. The molecule has 0 radical (unpaired) electrons. The van der Waals surface area contributed by atoms with Crippen molar-refractivity contribution < 1.29 is 13.2 Å². The van der Waals surface area contributed by atoms with Crippen LogP contribution < -0.4 is 0 Å². The molecule has 1 amide bonds. The molecule has 2 fully saturated rings. The topological polar surface area (TPSA) is 54.5 Å². The molecule has 2 heterocycles. The molecule has 0 N–H and O–H groups in total. The second kappa shape index (κ2) is 5.82. The zero-order valence-corrected chi connectivity index (χ0v) is 12.4. The van der Waals surface area contributed by atoms with Gasteiger partial charge in [0.25, 0.3) is 0 Å². The van der Waals surface area contributed by atoms with Crippen molar-refractivity contribution >= 4 is 27.5 Å². The van der Waals surface area contributed by atoms with Crippen molar-refractivity contribution in [2.24, 2.45) is 5.92 Å². The van der Waals surface area contributed by atoms with E-state index in [-0.39, 0.29) is 23.5 Å². The lowest BCUT2D eigenvalue weighted by molar-refractivity contribution is -0.132. The number of nitrogens with zero attached hydrogens (tertiary/aromatic N) is 1. The van der Waals surface area contributed by atoms with Gasteiger partial charge in [-0.15, -0.1) is 0 Å². The fourth-order valence-corrected chi connectivity index (χ4v) is 5.57. The zero-order valence-electron chi connectivity index (χ0n) is 10.8. The summed E-state index contributed by atoms with van der Waals surface area (Å²) in [7, 11) is -1.15. The summed E-state index contributed by atoms with van der Waals surface area (Å²) >= 11 is 1.92. The summed E-state index contributed by atoms with van der Waals surface area (Å²) in [5.41, 5.74) is 0. The maximum absolute atomic E-state index is 12.1. The van der Waals surface area contributed by atoms with E-state index in [0.717, 1.165) is 12.2 Å². The molecule has 0 spiro atoms.